The Balaban J connectivity index is 1.77. The number of hydrogen-bond acceptors (Lipinski definition) is 3. The van der Waals surface area contributed by atoms with Crippen LogP contribution >= 0.6 is 11.6 Å². The molecule has 130 valence electrons. The third-order valence-electron chi connectivity index (χ3n) is 5.72. The Labute approximate surface area is 151 Å². The zero-order valence-corrected chi connectivity index (χ0v) is 14.9. The quantitative estimate of drug-likeness (QED) is 0.358. The molecule has 2 heterocycles. The van der Waals surface area contributed by atoms with Gasteiger partial charge in [0.1, 0.15) is 11.5 Å². The largest absolute Gasteiger partial charge is 0.338 e. The molecule has 0 N–H and O–H groups in total. The lowest BCUT2D eigenvalue weighted by molar-refractivity contribution is -0.104. The Bertz CT molecular complexity index is 849. The lowest BCUT2D eigenvalue weighted by atomic mass is 9.98. The number of fused-ring (bicyclic) bond motifs is 7. The average Bonchev–Trinajstić information content (AvgIpc) is 3.32. The van der Waals surface area contributed by atoms with E-state index in [1.807, 2.05) is 6.07 Å². The molecule has 0 spiro atoms. The van der Waals surface area contributed by atoms with Crippen molar-refractivity contribution in [3.8, 4) is 0 Å². The van der Waals surface area contributed by atoms with Crippen molar-refractivity contribution in [3.63, 3.8) is 0 Å². The van der Waals surface area contributed by atoms with E-state index in [9.17, 15) is 9.59 Å². The van der Waals surface area contributed by atoms with Gasteiger partial charge in [-0.25, -0.2) is 4.99 Å². The number of rotatable bonds is 4. The van der Waals surface area contributed by atoms with Crippen LogP contribution in [-0.4, -0.2) is 34.9 Å². The summed E-state index contributed by atoms with van der Waals surface area (Å²) in [5.41, 5.74) is 3.59. The van der Waals surface area contributed by atoms with Crippen LogP contribution in [0.2, 0.25) is 0 Å². The second kappa shape index (κ2) is 5.99. The fraction of sp³-hybridized carbons (Fsp3) is 0.421. The van der Waals surface area contributed by atoms with Gasteiger partial charge in [-0.05, 0) is 50.5 Å². The third-order valence-corrected chi connectivity index (χ3v) is 6.14. The van der Waals surface area contributed by atoms with Crippen LogP contribution in [0.1, 0.15) is 59.8 Å². The lowest BCUT2D eigenvalue weighted by Gasteiger charge is -2.30. The SMILES string of the molecule is C=N/C(=C(C=O)\C(Cl)=C/C)N1CCn2c(cc3c2[C@@H]2CC[C@H]3C2)C1=O. The Kier molecular flexibility index (Phi) is 3.91. The molecule has 25 heavy (non-hydrogen) atoms. The van der Waals surface area contributed by atoms with Gasteiger partial charge in [0.2, 0.25) is 0 Å². The second-order valence-electron chi connectivity index (χ2n) is 6.84. The summed E-state index contributed by atoms with van der Waals surface area (Å²) >= 11 is 6.12. The van der Waals surface area contributed by atoms with E-state index in [4.69, 9.17) is 11.6 Å². The molecule has 2 aliphatic carbocycles. The van der Waals surface area contributed by atoms with Gasteiger partial charge in [0.15, 0.2) is 6.29 Å². The van der Waals surface area contributed by atoms with E-state index in [0.717, 1.165) is 0 Å². The van der Waals surface area contributed by atoms with Crippen molar-refractivity contribution in [2.24, 2.45) is 4.99 Å². The molecule has 1 saturated carbocycles. The maximum atomic E-state index is 13.1. The number of aliphatic imine (C=N–C) groups is 1. The van der Waals surface area contributed by atoms with E-state index in [0.29, 0.717) is 36.9 Å². The van der Waals surface area contributed by atoms with Crippen LogP contribution in [0.4, 0.5) is 0 Å². The van der Waals surface area contributed by atoms with E-state index in [1.165, 1.54) is 35.4 Å². The average molecular weight is 358 g/mol. The van der Waals surface area contributed by atoms with E-state index in [-0.39, 0.29) is 22.3 Å². The zero-order valence-electron chi connectivity index (χ0n) is 14.2. The Morgan fingerprint density at radius 3 is 2.80 bits per heavy atom. The standard InChI is InChI=1S/C19H20ClN3O2/c1-3-15(20)14(10-24)18(21-2)23-7-6-22-16(19(23)25)9-13-11-4-5-12(8-11)17(13)22/h3,9-12H,2,4-8H2,1H3/b15-3+,18-14+/t11-,12+/m0/s1. The number of halogens is 1. The second-order valence-corrected chi connectivity index (χ2v) is 7.24. The molecule has 0 aromatic carbocycles. The van der Waals surface area contributed by atoms with Crippen LogP contribution in [0, 0.1) is 0 Å². The van der Waals surface area contributed by atoms with Crippen molar-refractivity contribution >= 4 is 30.5 Å². The summed E-state index contributed by atoms with van der Waals surface area (Å²) in [5, 5.41) is 0.270. The van der Waals surface area contributed by atoms with Crippen LogP contribution < -0.4 is 0 Å². The fourth-order valence-corrected chi connectivity index (χ4v) is 4.76. The van der Waals surface area contributed by atoms with E-state index in [1.54, 1.807) is 13.0 Å². The number of allylic oxidation sites excluding steroid dienone is 3. The molecule has 6 heteroatoms. The number of carbonyl (C=O) groups excluding carboxylic acids is 2. The topological polar surface area (TPSA) is 54.7 Å². The summed E-state index contributed by atoms with van der Waals surface area (Å²) in [5.74, 6) is 1.31. The molecule has 0 radical (unpaired) electrons. The van der Waals surface area contributed by atoms with Crippen molar-refractivity contribution < 1.29 is 9.59 Å². The first-order chi connectivity index (χ1) is 12.1. The summed E-state index contributed by atoms with van der Waals surface area (Å²) in [4.78, 5) is 30.1. The number of carbonyl (C=O) groups is 2. The molecule has 1 aromatic heterocycles. The van der Waals surface area contributed by atoms with Crippen LogP contribution in [0.3, 0.4) is 0 Å². The molecule has 1 aromatic rings. The smallest absolute Gasteiger partial charge is 0.276 e. The Hall–Kier alpha value is -2.14. The minimum atomic E-state index is -0.137. The van der Waals surface area contributed by atoms with Gasteiger partial charge in [0, 0.05) is 24.7 Å². The van der Waals surface area contributed by atoms with Gasteiger partial charge in [-0.2, -0.15) is 0 Å². The minimum absolute atomic E-state index is 0.137. The van der Waals surface area contributed by atoms with Crippen LogP contribution in [-0.2, 0) is 11.3 Å². The highest BCUT2D eigenvalue weighted by molar-refractivity contribution is 6.34. The molecule has 1 fully saturated rings. The van der Waals surface area contributed by atoms with Gasteiger partial charge in [-0.15, -0.1) is 0 Å². The maximum Gasteiger partial charge on any atom is 0.276 e. The van der Waals surface area contributed by atoms with Gasteiger partial charge >= 0.3 is 0 Å². The number of aromatic nitrogens is 1. The first-order valence-electron chi connectivity index (χ1n) is 8.64. The first kappa shape index (κ1) is 16.3. The van der Waals surface area contributed by atoms with Crippen molar-refractivity contribution in [1.82, 2.24) is 9.47 Å². The molecule has 0 unspecified atom stereocenters. The monoisotopic (exact) mass is 357 g/mol. The van der Waals surface area contributed by atoms with E-state index < -0.39 is 0 Å². The normalized spacial score (nSPS) is 25.6. The van der Waals surface area contributed by atoms with Crippen molar-refractivity contribution in [2.75, 3.05) is 6.54 Å². The highest BCUT2D eigenvalue weighted by Crippen LogP contribution is 2.54. The Morgan fingerprint density at radius 2 is 2.12 bits per heavy atom. The minimum Gasteiger partial charge on any atom is -0.338 e. The lowest BCUT2D eigenvalue weighted by Crippen LogP contribution is -2.40. The molecule has 2 bridgehead atoms. The summed E-state index contributed by atoms with van der Waals surface area (Å²) < 4.78 is 2.18. The summed E-state index contributed by atoms with van der Waals surface area (Å²) in [6.45, 7) is 6.44. The fourth-order valence-electron chi connectivity index (χ4n) is 4.63. The summed E-state index contributed by atoms with van der Waals surface area (Å²) in [6.07, 6.45) is 5.93. The molecule has 5 nitrogen and oxygen atoms in total. The third kappa shape index (κ3) is 2.25. The van der Waals surface area contributed by atoms with Crippen LogP contribution in [0.15, 0.2) is 33.6 Å². The molecule has 2 atom stereocenters. The van der Waals surface area contributed by atoms with Gasteiger partial charge in [0.05, 0.1) is 10.6 Å². The molecule has 4 rings (SSSR count). The molecular weight excluding hydrogens is 338 g/mol. The zero-order chi connectivity index (χ0) is 17.7. The Morgan fingerprint density at radius 1 is 1.36 bits per heavy atom. The van der Waals surface area contributed by atoms with E-state index >= 15 is 0 Å². The number of nitrogens with zero attached hydrogens (tertiary/aromatic N) is 3. The van der Waals surface area contributed by atoms with E-state index in [2.05, 4.69) is 16.3 Å². The maximum absolute atomic E-state index is 13.1. The van der Waals surface area contributed by atoms with Gasteiger partial charge in [-0.1, -0.05) is 17.7 Å². The molecule has 1 amide bonds. The highest BCUT2D eigenvalue weighted by atomic mass is 35.5. The number of aldehydes is 1. The molecule has 0 saturated heterocycles. The van der Waals surface area contributed by atoms with Crippen molar-refractivity contribution in [1.29, 1.82) is 0 Å². The molecule has 3 aliphatic rings. The number of hydrogen-bond donors (Lipinski definition) is 0. The first-order valence-corrected chi connectivity index (χ1v) is 9.02. The van der Waals surface area contributed by atoms with Gasteiger partial charge < -0.3 is 4.57 Å². The molecular formula is C19H20ClN3O2. The summed E-state index contributed by atoms with van der Waals surface area (Å²) in [6, 6.07) is 2.05. The predicted octanol–water partition coefficient (Wildman–Crippen LogP) is 3.56. The van der Waals surface area contributed by atoms with Crippen molar-refractivity contribution in [2.45, 2.75) is 44.6 Å². The summed E-state index contributed by atoms with van der Waals surface area (Å²) in [7, 11) is 0. The highest BCUT2D eigenvalue weighted by Gasteiger charge is 2.43. The van der Waals surface area contributed by atoms with Gasteiger partial charge in [-0.3, -0.25) is 14.5 Å². The van der Waals surface area contributed by atoms with Crippen molar-refractivity contribution in [3.05, 3.63) is 45.5 Å². The van der Waals surface area contributed by atoms with Crippen LogP contribution in [0.5, 0.6) is 0 Å². The van der Waals surface area contributed by atoms with Gasteiger partial charge in [0.25, 0.3) is 5.91 Å². The molecule has 1 aliphatic heterocycles. The predicted molar refractivity (Wildman–Crippen MR) is 97.1 cm³/mol. The van der Waals surface area contributed by atoms with Crippen LogP contribution in [0.25, 0.3) is 0 Å². The number of amides is 1.